The Morgan fingerprint density at radius 2 is 2.22 bits per heavy atom. The molecular weight excluding hydrogens is 238 g/mol. The molecule has 0 saturated carbocycles. The highest BCUT2D eigenvalue weighted by molar-refractivity contribution is 5.68. The molecule has 0 aromatic carbocycles. The molecule has 0 aliphatic carbocycles. The number of nitro groups is 1. The normalized spacial score (nSPS) is 10.1. The zero-order valence-electron chi connectivity index (χ0n) is 9.58. The third-order valence-electron chi connectivity index (χ3n) is 2.28. The van der Waals surface area contributed by atoms with Crippen molar-refractivity contribution in [2.24, 2.45) is 0 Å². The number of hydrogen-bond acceptors (Lipinski definition) is 7. The van der Waals surface area contributed by atoms with Gasteiger partial charge < -0.3 is 15.1 Å². The van der Waals surface area contributed by atoms with E-state index in [2.05, 4.69) is 20.6 Å². The van der Waals surface area contributed by atoms with E-state index in [1.807, 2.05) is 0 Å². The quantitative estimate of drug-likeness (QED) is 0.612. The van der Waals surface area contributed by atoms with Gasteiger partial charge in [-0.1, -0.05) is 0 Å². The molecule has 2 aromatic rings. The van der Waals surface area contributed by atoms with Gasteiger partial charge in [0.25, 0.3) is 0 Å². The van der Waals surface area contributed by atoms with Crippen LogP contribution in [0.1, 0.15) is 5.56 Å². The van der Waals surface area contributed by atoms with Crippen molar-refractivity contribution in [2.75, 3.05) is 17.7 Å². The molecule has 0 atom stereocenters. The molecule has 2 aromatic heterocycles. The van der Waals surface area contributed by atoms with Crippen LogP contribution in [0, 0.1) is 10.1 Å². The summed E-state index contributed by atoms with van der Waals surface area (Å²) < 4.78 is 4.91. The predicted octanol–water partition coefficient (Wildman–Crippen LogP) is 1.63. The van der Waals surface area contributed by atoms with Crippen molar-refractivity contribution in [3.63, 3.8) is 0 Å². The lowest BCUT2D eigenvalue weighted by atomic mass is 10.3. The average molecular weight is 249 g/mol. The third-order valence-corrected chi connectivity index (χ3v) is 2.28. The first-order valence-electron chi connectivity index (χ1n) is 5.14. The second-order valence-corrected chi connectivity index (χ2v) is 3.41. The standard InChI is InChI=1S/C10H11N5O3/c1-11-9-8(15(16)17)10(14-6-13-9)12-4-7-2-3-18-5-7/h2-3,5-6H,4H2,1H3,(H2,11,12,13,14). The minimum atomic E-state index is -0.524. The zero-order valence-corrected chi connectivity index (χ0v) is 9.58. The van der Waals surface area contributed by atoms with Gasteiger partial charge in [0.05, 0.1) is 17.4 Å². The molecule has 0 fully saturated rings. The Hall–Kier alpha value is -2.64. The highest BCUT2D eigenvalue weighted by atomic mass is 16.6. The minimum absolute atomic E-state index is 0.167. The number of anilines is 2. The highest BCUT2D eigenvalue weighted by Crippen LogP contribution is 2.28. The van der Waals surface area contributed by atoms with Crippen LogP contribution in [0.25, 0.3) is 0 Å². The van der Waals surface area contributed by atoms with Gasteiger partial charge in [0.2, 0.25) is 11.6 Å². The molecule has 0 aliphatic rings. The summed E-state index contributed by atoms with van der Waals surface area (Å²) in [6.07, 6.45) is 4.35. The maximum Gasteiger partial charge on any atom is 0.353 e. The molecule has 0 radical (unpaired) electrons. The lowest BCUT2D eigenvalue weighted by Crippen LogP contribution is -2.07. The van der Waals surface area contributed by atoms with Crippen molar-refractivity contribution in [3.05, 3.63) is 40.6 Å². The van der Waals surface area contributed by atoms with E-state index in [-0.39, 0.29) is 17.3 Å². The van der Waals surface area contributed by atoms with Gasteiger partial charge >= 0.3 is 5.69 Å². The molecular formula is C10H11N5O3. The molecule has 2 N–H and O–H groups in total. The molecule has 8 nitrogen and oxygen atoms in total. The first-order valence-corrected chi connectivity index (χ1v) is 5.14. The Morgan fingerprint density at radius 1 is 1.44 bits per heavy atom. The fourth-order valence-electron chi connectivity index (χ4n) is 1.44. The van der Waals surface area contributed by atoms with E-state index in [9.17, 15) is 10.1 Å². The van der Waals surface area contributed by atoms with E-state index in [0.717, 1.165) is 5.56 Å². The molecule has 0 amide bonds. The third kappa shape index (κ3) is 2.37. The van der Waals surface area contributed by atoms with Crippen LogP contribution < -0.4 is 10.6 Å². The van der Waals surface area contributed by atoms with Crippen LogP contribution in [-0.4, -0.2) is 21.9 Å². The summed E-state index contributed by atoms with van der Waals surface area (Å²) in [6, 6.07) is 1.76. The number of nitrogens with one attached hydrogen (secondary N) is 2. The van der Waals surface area contributed by atoms with Crippen LogP contribution in [0.4, 0.5) is 17.3 Å². The van der Waals surface area contributed by atoms with Gasteiger partial charge in [-0.2, -0.15) is 0 Å². The fraction of sp³-hybridized carbons (Fsp3) is 0.200. The molecule has 8 heteroatoms. The molecule has 2 heterocycles. The van der Waals surface area contributed by atoms with Gasteiger partial charge in [0.15, 0.2) is 0 Å². The number of hydrogen-bond donors (Lipinski definition) is 2. The van der Waals surface area contributed by atoms with Crippen molar-refractivity contribution >= 4 is 17.3 Å². The molecule has 2 rings (SSSR count). The van der Waals surface area contributed by atoms with Crippen LogP contribution in [0.3, 0.4) is 0 Å². The van der Waals surface area contributed by atoms with Crippen molar-refractivity contribution in [2.45, 2.75) is 6.54 Å². The lowest BCUT2D eigenvalue weighted by Gasteiger charge is -2.06. The van der Waals surface area contributed by atoms with Gasteiger partial charge in [0.1, 0.15) is 6.33 Å². The molecule has 0 saturated heterocycles. The fourth-order valence-corrected chi connectivity index (χ4v) is 1.44. The van der Waals surface area contributed by atoms with E-state index >= 15 is 0 Å². The summed E-state index contributed by atoms with van der Waals surface area (Å²) in [4.78, 5) is 18.1. The van der Waals surface area contributed by atoms with Crippen molar-refractivity contribution in [1.29, 1.82) is 0 Å². The number of furan rings is 1. The topological polar surface area (TPSA) is 106 Å². The van der Waals surface area contributed by atoms with E-state index in [0.29, 0.717) is 6.54 Å². The molecule has 0 unspecified atom stereocenters. The van der Waals surface area contributed by atoms with Crippen LogP contribution in [0.2, 0.25) is 0 Å². The summed E-state index contributed by atoms with van der Waals surface area (Å²) in [5, 5.41) is 16.5. The van der Waals surface area contributed by atoms with Crippen LogP contribution in [0.5, 0.6) is 0 Å². The zero-order chi connectivity index (χ0) is 13.0. The first kappa shape index (κ1) is 11.8. The second-order valence-electron chi connectivity index (χ2n) is 3.41. The monoisotopic (exact) mass is 249 g/mol. The van der Waals surface area contributed by atoms with Gasteiger partial charge in [0, 0.05) is 19.2 Å². The van der Waals surface area contributed by atoms with E-state index in [1.54, 1.807) is 19.4 Å². The molecule has 0 aliphatic heterocycles. The Bertz CT molecular complexity index is 540. The predicted molar refractivity (Wildman–Crippen MR) is 64.3 cm³/mol. The minimum Gasteiger partial charge on any atom is -0.472 e. The van der Waals surface area contributed by atoms with Gasteiger partial charge in [-0.05, 0) is 6.07 Å². The molecule has 0 spiro atoms. The maximum atomic E-state index is 11.0. The van der Waals surface area contributed by atoms with Crippen molar-refractivity contribution in [1.82, 2.24) is 9.97 Å². The molecule has 94 valence electrons. The summed E-state index contributed by atoms with van der Waals surface area (Å²) in [5.74, 6) is 0.338. The second kappa shape index (κ2) is 5.13. The number of aromatic nitrogens is 2. The SMILES string of the molecule is CNc1ncnc(NCc2ccoc2)c1[N+](=O)[O-]. The van der Waals surface area contributed by atoms with Gasteiger partial charge in [-0.25, -0.2) is 9.97 Å². The maximum absolute atomic E-state index is 11.0. The van der Waals surface area contributed by atoms with Crippen molar-refractivity contribution in [3.8, 4) is 0 Å². The summed E-state index contributed by atoms with van der Waals surface area (Å²) in [5.41, 5.74) is 0.692. The van der Waals surface area contributed by atoms with E-state index < -0.39 is 4.92 Å². The Balaban J connectivity index is 2.24. The summed E-state index contributed by atoms with van der Waals surface area (Å²) in [7, 11) is 1.56. The Labute approximate surface area is 102 Å². The van der Waals surface area contributed by atoms with Gasteiger partial charge in [-0.15, -0.1) is 0 Å². The largest absolute Gasteiger partial charge is 0.472 e. The van der Waals surface area contributed by atoms with E-state index in [4.69, 9.17) is 4.42 Å². The smallest absolute Gasteiger partial charge is 0.353 e. The molecule has 0 bridgehead atoms. The number of rotatable bonds is 5. The first-order chi connectivity index (χ1) is 8.72. The Morgan fingerprint density at radius 3 is 2.83 bits per heavy atom. The van der Waals surface area contributed by atoms with E-state index in [1.165, 1.54) is 12.6 Å². The highest BCUT2D eigenvalue weighted by Gasteiger charge is 2.21. The van der Waals surface area contributed by atoms with Crippen LogP contribution in [-0.2, 0) is 6.54 Å². The Kier molecular flexibility index (Phi) is 3.37. The van der Waals surface area contributed by atoms with Crippen LogP contribution >= 0.6 is 0 Å². The average Bonchev–Trinajstić information content (AvgIpc) is 2.88. The lowest BCUT2D eigenvalue weighted by molar-refractivity contribution is -0.383. The van der Waals surface area contributed by atoms with Crippen molar-refractivity contribution < 1.29 is 9.34 Å². The molecule has 18 heavy (non-hydrogen) atoms. The summed E-state index contributed by atoms with van der Waals surface area (Å²) >= 11 is 0. The van der Waals surface area contributed by atoms with Gasteiger partial charge in [-0.3, -0.25) is 10.1 Å². The summed E-state index contributed by atoms with van der Waals surface area (Å²) in [6.45, 7) is 0.386. The number of nitrogens with zero attached hydrogens (tertiary/aromatic N) is 3. The van der Waals surface area contributed by atoms with Crippen LogP contribution in [0.15, 0.2) is 29.3 Å².